The van der Waals surface area contributed by atoms with Crippen molar-refractivity contribution >= 4 is 5.91 Å². The molecule has 0 spiro atoms. The van der Waals surface area contributed by atoms with E-state index in [2.05, 4.69) is 11.4 Å². The maximum atomic E-state index is 11.7. The van der Waals surface area contributed by atoms with Crippen LogP contribution in [0.3, 0.4) is 0 Å². The second-order valence-corrected chi connectivity index (χ2v) is 4.13. The number of hydrogen-bond acceptors (Lipinski definition) is 1. The van der Waals surface area contributed by atoms with E-state index in [0.717, 1.165) is 18.5 Å². The number of amides is 1. The Morgan fingerprint density at radius 3 is 2.75 bits per heavy atom. The molecule has 1 aliphatic rings. The number of nitrogens with one attached hydrogen (secondary N) is 1. The molecule has 0 aromatic heterocycles. The average Bonchev–Trinajstić information content (AvgIpc) is 2.83. The Hall–Kier alpha value is -1.57. The first kappa shape index (κ1) is 10.9. The van der Waals surface area contributed by atoms with E-state index in [0.29, 0.717) is 0 Å². The Morgan fingerprint density at radius 2 is 2.06 bits per heavy atom. The van der Waals surface area contributed by atoms with Gasteiger partial charge in [-0.3, -0.25) is 4.79 Å². The third-order valence-corrected chi connectivity index (χ3v) is 2.90. The molecular formula is C14H17NO. The molecule has 0 unspecified atom stereocenters. The predicted molar refractivity (Wildman–Crippen MR) is 65.3 cm³/mol. The fraction of sp³-hybridized carbons (Fsp3) is 0.357. The second kappa shape index (κ2) is 5.50. The van der Waals surface area contributed by atoms with Crippen LogP contribution in [0.2, 0.25) is 0 Å². The number of hydrogen-bond donors (Lipinski definition) is 1. The van der Waals surface area contributed by atoms with E-state index < -0.39 is 0 Å². The van der Waals surface area contributed by atoms with Crippen molar-refractivity contribution in [1.29, 1.82) is 0 Å². The molecule has 2 heteroatoms. The average molecular weight is 215 g/mol. The Kier molecular flexibility index (Phi) is 3.76. The first-order valence-electron chi connectivity index (χ1n) is 5.87. The van der Waals surface area contributed by atoms with Crippen molar-refractivity contribution in [3.05, 3.63) is 47.5 Å². The molecule has 0 saturated heterocycles. The summed E-state index contributed by atoms with van der Waals surface area (Å²) in [7, 11) is 0. The normalized spacial score (nSPS) is 14.6. The highest BCUT2D eigenvalue weighted by molar-refractivity contribution is 5.94. The summed E-state index contributed by atoms with van der Waals surface area (Å²) < 4.78 is 0. The summed E-state index contributed by atoms with van der Waals surface area (Å²) in [4.78, 5) is 11.7. The summed E-state index contributed by atoms with van der Waals surface area (Å²) in [5.41, 5.74) is 2.23. The molecule has 0 aliphatic heterocycles. The number of carbonyl (C=O) groups is 1. The lowest BCUT2D eigenvalue weighted by molar-refractivity contribution is 0.0954. The van der Waals surface area contributed by atoms with Crippen molar-refractivity contribution in [3.8, 4) is 0 Å². The Labute approximate surface area is 96.4 Å². The van der Waals surface area contributed by atoms with Gasteiger partial charge in [0.25, 0.3) is 5.91 Å². The third kappa shape index (κ3) is 2.96. The van der Waals surface area contributed by atoms with E-state index >= 15 is 0 Å². The van der Waals surface area contributed by atoms with Gasteiger partial charge in [0.15, 0.2) is 0 Å². The van der Waals surface area contributed by atoms with Crippen LogP contribution in [-0.4, -0.2) is 12.5 Å². The standard InChI is InChI=1S/C14H17NO/c16-14(13-8-2-1-3-9-13)15-11-10-12-6-4-5-7-12/h1-3,6,8-9H,4-5,7,10-11H2,(H,15,16). The van der Waals surface area contributed by atoms with Gasteiger partial charge in [0, 0.05) is 12.1 Å². The zero-order chi connectivity index (χ0) is 11.2. The summed E-state index contributed by atoms with van der Waals surface area (Å²) in [6.45, 7) is 0.750. The predicted octanol–water partition coefficient (Wildman–Crippen LogP) is 2.92. The minimum absolute atomic E-state index is 0.0270. The zero-order valence-electron chi connectivity index (χ0n) is 9.41. The van der Waals surface area contributed by atoms with Crippen molar-refractivity contribution in [3.63, 3.8) is 0 Å². The highest BCUT2D eigenvalue weighted by Crippen LogP contribution is 2.19. The smallest absolute Gasteiger partial charge is 0.251 e. The van der Waals surface area contributed by atoms with Crippen molar-refractivity contribution in [2.45, 2.75) is 25.7 Å². The lowest BCUT2D eigenvalue weighted by Crippen LogP contribution is -2.24. The highest BCUT2D eigenvalue weighted by atomic mass is 16.1. The summed E-state index contributed by atoms with van der Waals surface area (Å²) >= 11 is 0. The van der Waals surface area contributed by atoms with Crippen LogP contribution in [0.4, 0.5) is 0 Å². The van der Waals surface area contributed by atoms with Gasteiger partial charge in [-0.1, -0.05) is 29.8 Å². The van der Waals surface area contributed by atoms with Gasteiger partial charge in [-0.25, -0.2) is 0 Å². The van der Waals surface area contributed by atoms with Crippen molar-refractivity contribution in [2.24, 2.45) is 0 Å². The molecule has 2 nitrogen and oxygen atoms in total. The van der Waals surface area contributed by atoms with Gasteiger partial charge in [0.1, 0.15) is 0 Å². The maximum absolute atomic E-state index is 11.7. The molecule has 1 aliphatic carbocycles. The second-order valence-electron chi connectivity index (χ2n) is 4.13. The lowest BCUT2D eigenvalue weighted by Gasteiger charge is -2.05. The molecule has 2 rings (SSSR count). The van der Waals surface area contributed by atoms with Gasteiger partial charge in [-0.15, -0.1) is 0 Å². The van der Waals surface area contributed by atoms with Gasteiger partial charge < -0.3 is 5.32 Å². The summed E-state index contributed by atoms with van der Waals surface area (Å²) in [5, 5.41) is 2.95. The van der Waals surface area contributed by atoms with Gasteiger partial charge in [0.05, 0.1) is 0 Å². The molecule has 0 bridgehead atoms. The lowest BCUT2D eigenvalue weighted by atomic mass is 10.1. The SMILES string of the molecule is O=C(NCCC1=CCCC1)c1ccccc1. The highest BCUT2D eigenvalue weighted by Gasteiger charge is 2.06. The monoisotopic (exact) mass is 215 g/mol. The summed E-state index contributed by atoms with van der Waals surface area (Å²) in [6, 6.07) is 9.36. The van der Waals surface area contributed by atoms with Crippen LogP contribution < -0.4 is 5.32 Å². The molecule has 1 aromatic carbocycles. The van der Waals surface area contributed by atoms with Crippen molar-refractivity contribution < 1.29 is 4.79 Å². The molecule has 0 atom stereocenters. The number of allylic oxidation sites excluding steroid dienone is 1. The van der Waals surface area contributed by atoms with E-state index in [1.54, 1.807) is 0 Å². The summed E-state index contributed by atoms with van der Waals surface area (Å²) in [5.74, 6) is 0.0270. The first-order valence-corrected chi connectivity index (χ1v) is 5.87. The van der Waals surface area contributed by atoms with Gasteiger partial charge >= 0.3 is 0 Å². The number of carbonyl (C=O) groups excluding carboxylic acids is 1. The topological polar surface area (TPSA) is 29.1 Å². The summed E-state index contributed by atoms with van der Waals surface area (Å²) in [6.07, 6.45) is 7.00. The van der Waals surface area contributed by atoms with E-state index in [4.69, 9.17) is 0 Å². The number of benzene rings is 1. The fourth-order valence-corrected chi connectivity index (χ4v) is 1.99. The van der Waals surface area contributed by atoms with E-state index in [9.17, 15) is 4.79 Å². The molecule has 1 amide bonds. The molecule has 1 aromatic rings. The molecule has 16 heavy (non-hydrogen) atoms. The molecule has 0 radical (unpaired) electrons. The minimum atomic E-state index is 0.0270. The van der Waals surface area contributed by atoms with Crippen LogP contribution in [0.5, 0.6) is 0 Å². The molecule has 84 valence electrons. The minimum Gasteiger partial charge on any atom is -0.352 e. The molecule has 0 fully saturated rings. The van der Waals surface area contributed by atoms with Gasteiger partial charge in [-0.2, -0.15) is 0 Å². The van der Waals surface area contributed by atoms with Crippen molar-refractivity contribution in [2.75, 3.05) is 6.54 Å². The van der Waals surface area contributed by atoms with Gasteiger partial charge in [0.2, 0.25) is 0 Å². The Bertz CT molecular complexity index is 381. The quantitative estimate of drug-likeness (QED) is 0.769. The van der Waals surface area contributed by atoms with Crippen LogP contribution in [0.1, 0.15) is 36.0 Å². The molecule has 1 N–H and O–H groups in total. The largest absolute Gasteiger partial charge is 0.352 e. The molecule has 0 heterocycles. The van der Waals surface area contributed by atoms with Crippen molar-refractivity contribution in [1.82, 2.24) is 5.32 Å². The Balaban J connectivity index is 1.76. The van der Waals surface area contributed by atoms with Crippen LogP contribution in [0, 0.1) is 0 Å². The van der Waals surface area contributed by atoms with Gasteiger partial charge in [-0.05, 0) is 37.8 Å². The fourth-order valence-electron chi connectivity index (χ4n) is 1.99. The third-order valence-electron chi connectivity index (χ3n) is 2.90. The first-order chi connectivity index (χ1) is 7.86. The van der Waals surface area contributed by atoms with Crippen LogP contribution >= 0.6 is 0 Å². The zero-order valence-corrected chi connectivity index (χ0v) is 9.41. The number of rotatable bonds is 4. The van der Waals surface area contributed by atoms with E-state index in [1.165, 1.54) is 24.8 Å². The van der Waals surface area contributed by atoms with Crippen LogP contribution in [0.25, 0.3) is 0 Å². The van der Waals surface area contributed by atoms with Crippen LogP contribution in [-0.2, 0) is 0 Å². The van der Waals surface area contributed by atoms with E-state index in [-0.39, 0.29) is 5.91 Å². The molecular weight excluding hydrogens is 198 g/mol. The van der Waals surface area contributed by atoms with E-state index in [1.807, 2.05) is 30.3 Å². The molecule has 0 saturated carbocycles. The maximum Gasteiger partial charge on any atom is 0.251 e. The Morgan fingerprint density at radius 1 is 1.25 bits per heavy atom. The van der Waals surface area contributed by atoms with Crippen LogP contribution in [0.15, 0.2) is 42.0 Å².